The monoisotopic (exact) mass is 482 g/mol. The van der Waals surface area contributed by atoms with Gasteiger partial charge in [0.2, 0.25) is 5.91 Å². The standard InChI is InChI=1S/C30H24F2N2O2/c31-25-12-14-27(15-13-25)33-29(35)20-23-9-16-28(17-10-23)34(21-24-7-4-8-26(32)19-24)30(36)18-11-22-5-2-1-3-6-22/h1-19H,20-21H2,(H,33,35)/b18-11+. The molecule has 0 heterocycles. The van der Waals surface area contributed by atoms with Gasteiger partial charge < -0.3 is 10.2 Å². The fourth-order valence-corrected chi connectivity index (χ4v) is 3.65. The number of carbonyl (C=O) groups excluding carboxylic acids is 2. The van der Waals surface area contributed by atoms with Gasteiger partial charge >= 0.3 is 0 Å². The molecule has 0 aliphatic heterocycles. The lowest BCUT2D eigenvalue weighted by atomic mass is 10.1. The zero-order valence-electron chi connectivity index (χ0n) is 19.4. The maximum Gasteiger partial charge on any atom is 0.251 e. The van der Waals surface area contributed by atoms with Gasteiger partial charge in [-0.05, 0) is 71.3 Å². The van der Waals surface area contributed by atoms with Gasteiger partial charge in [-0.25, -0.2) is 8.78 Å². The van der Waals surface area contributed by atoms with Crippen LogP contribution in [0.15, 0.2) is 109 Å². The van der Waals surface area contributed by atoms with Crippen molar-refractivity contribution in [3.05, 3.63) is 138 Å². The highest BCUT2D eigenvalue weighted by Gasteiger charge is 2.15. The first-order chi connectivity index (χ1) is 17.5. The molecule has 0 fully saturated rings. The van der Waals surface area contributed by atoms with Gasteiger partial charge in [-0.2, -0.15) is 0 Å². The van der Waals surface area contributed by atoms with Gasteiger partial charge in [-0.3, -0.25) is 9.59 Å². The maximum atomic E-state index is 13.8. The van der Waals surface area contributed by atoms with Gasteiger partial charge in [0.25, 0.3) is 5.91 Å². The van der Waals surface area contributed by atoms with Crippen molar-refractivity contribution in [1.29, 1.82) is 0 Å². The van der Waals surface area contributed by atoms with Crippen LogP contribution in [0.25, 0.3) is 6.08 Å². The van der Waals surface area contributed by atoms with E-state index in [-0.39, 0.29) is 36.4 Å². The van der Waals surface area contributed by atoms with Crippen molar-refractivity contribution in [2.75, 3.05) is 10.2 Å². The van der Waals surface area contributed by atoms with E-state index in [1.54, 1.807) is 47.4 Å². The number of hydrogen-bond acceptors (Lipinski definition) is 2. The summed E-state index contributed by atoms with van der Waals surface area (Å²) in [5, 5.41) is 2.73. The second kappa shape index (κ2) is 11.7. The number of halogens is 2. The van der Waals surface area contributed by atoms with Gasteiger partial charge in [0.1, 0.15) is 11.6 Å². The Morgan fingerprint density at radius 3 is 2.17 bits per heavy atom. The molecule has 0 spiro atoms. The van der Waals surface area contributed by atoms with E-state index < -0.39 is 0 Å². The Hall–Kier alpha value is -4.58. The summed E-state index contributed by atoms with van der Waals surface area (Å²) in [6.45, 7) is 0.181. The summed E-state index contributed by atoms with van der Waals surface area (Å²) >= 11 is 0. The third-order valence-electron chi connectivity index (χ3n) is 5.45. The van der Waals surface area contributed by atoms with Crippen LogP contribution in [0.1, 0.15) is 16.7 Å². The summed E-state index contributed by atoms with van der Waals surface area (Å²) in [6.07, 6.45) is 3.33. The third-order valence-corrected chi connectivity index (χ3v) is 5.45. The Kier molecular flexibility index (Phi) is 7.98. The highest BCUT2D eigenvalue weighted by Crippen LogP contribution is 2.21. The predicted molar refractivity (Wildman–Crippen MR) is 138 cm³/mol. The Morgan fingerprint density at radius 1 is 0.750 bits per heavy atom. The zero-order chi connectivity index (χ0) is 25.3. The average Bonchev–Trinajstić information content (AvgIpc) is 2.88. The van der Waals surface area contributed by atoms with E-state index in [4.69, 9.17) is 0 Å². The number of nitrogens with zero attached hydrogens (tertiary/aromatic N) is 1. The predicted octanol–water partition coefficient (Wildman–Crippen LogP) is 6.39. The lowest BCUT2D eigenvalue weighted by Crippen LogP contribution is -2.28. The van der Waals surface area contributed by atoms with E-state index in [9.17, 15) is 18.4 Å². The summed E-state index contributed by atoms with van der Waals surface area (Å²) < 4.78 is 26.8. The van der Waals surface area contributed by atoms with Gasteiger partial charge in [0.05, 0.1) is 13.0 Å². The maximum absolute atomic E-state index is 13.8. The quantitative estimate of drug-likeness (QED) is 0.296. The van der Waals surface area contributed by atoms with E-state index in [2.05, 4.69) is 5.32 Å². The number of anilines is 2. The lowest BCUT2D eigenvalue weighted by molar-refractivity contribution is -0.116. The Morgan fingerprint density at radius 2 is 1.47 bits per heavy atom. The van der Waals surface area contributed by atoms with Crippen LogP contribution in [-0.4, -0.2) is 11.8 Å². The Bertz CT molecular complexity index is 1350. The summed E-state index contributed by atoms with van der Waals surface area (Å²) in [7, 11) is 0. The van der Waals surface area contributed by atoms with Crippen LogP contribution in [0.5, 0.6) is 0 Å². The molecule has 2 amide bonds. The molecule has 4 rings (SSSR count). The highest BCUT2D eigenvalue weighted by atomic mass is 19.1. The molecule has 0 aromatic heterocycles. The summed E-state index contributed by atoms with van der Waals surface area (Å²) in [6, 6.07) is 28.2. The largest absolute Gasteiger partial charge is 0.326 e. The number of rotatable bonds is 8. The fraction of sp³-hybridized carbons (Fsp3) is 0.0667. The molecule has 0 saturated heterocycles. The Labute approximate surface area is 208 Å². The topological polar surface area (TPSA) is 49.4 Å². The van der Waals surface area contributed by atoms with E-state index in [1.165, 1.54) is 42.5 Å². The van der Waals surface area contributed by atoms with Crippen molar-refractivity contribution >= 4 is 29.3 Å². The van der Waals surface area contributed by atoms with Crippen molar-refractivity contribution in [2.24, 2.45) is 0 Å². The minimum Gasteiger partial charge on any atom is -0.326 e. The zero-order valence-corrected chi connectivity index (χ0v) is 19.4. The van der Waals surface area contributed by atoms with Crippen LogP contribution in [0.4, 0.5) is 20.2 Å². The molecule has 36 heavy (non-hydrogen) atoms. The second-order valence-electron chi connectivity index (χ2n) is 8.20. The summed E-state index contributed by atoms with van der Waals surface area (Å²) in [4.78, 5) is 27.1. The normalized spacial score (nSPS) is 10.8. The number of carbonyl (C=O) groups is 2. The summed E-state index contributed by atoms with van der Waals surface area (Å²) in [5.41, 5.74) is 3.41. The van der Waals surface area contributed by atoms with Gasteiger partial charge in [0, 0.05) is 17.5 Å². The van der Waals surface area contributed by atoms with Crippen molar-refractivity contribution in [3.63, 3.8) is 0 Å². The van der Waals surface area contributed by atoms with Crippen molar-refractivity contribution < 1.29 is 18.4 Å². The number of hydrogen-bond donors (Lipinski definition) is 1. The minimum atomic E-state index is -0.375. The van der Waals surface area contributed by atoms with Crippen LogP contribution >= 0.6 is 0 Å². The average molecular weight is 483 g/mol. The molecule has 4 nitrogen and oxygen atoms in total. The molecule has 0 bridgehead atoms. The van der Waals surface area contributed by atoms with E-state index in [0.29, 0.717) is 16.9 Å². The van der Waals surface area contributed by atoms with Crippen LogP contribution in [0.2, 0.25) is 0 Å². The van der Waals surface area contributed by atoms with Crippen LogP contribution in [0, 0.1) is 11.6 Å². The van der Waals surface area contributed by atoms with Crippen molar-refractivity contribution in [2.45, 2.75) is 13.0 Å². The molecule has 0 saturated carbocycles. The van der Waals surface area contributed by atoms with Gasteiger partial charge in [0.15, 0.2) is 0 Å². The van der Waals surface area contributed by atoms with Gasteiger partial charge in [-0.1, -0.05) is 54.6 Å². The molecule has 0 radical (unpaired) electrons. The Balaban J connectivity index is 1.50. The molecule has 0 unspecified atom stereocenters. The molecule has 0 atom stereocenters. The molecule has 4 aromatic carbocycles. The van der Waals surface area contributed by atoms with Crippen LogP contribution in [0.3, 0.4) is 0 Å². The van der Waals surface area contributed by atoms with Crippen molar-refractivity contribution in [1.82, 2.24) is 0 Å². The smallest absolute Gasteiger partial charge is 0.251 e. The molecule has 6 heteroatoms. The van der Waals surface area contributed by atoms with Crippen LogP contribution < -0.4 is 10.2 Å². The molecular weight excluding hydrogens is 458 g/mol. The first kappa shape index (κ1) is 24.5. The van der Waals surface area contributed by atoms with Crippen LogP contribution in [-0.2, 0) is 22.6 Å². The second-order valence-corrected chi connectivity index (χ2v) is 8.20. The minimum absolute atomic E-state index is 0.114. The molecule has 180 valence electrons. The number of benzene rings is 4. The number of nitrogens with one attached hydrogen (secondary N) is 1. The molecule has 0 aliphatic rings. The number of amides is 2. The lowest BCUT2D eigenvalue weighted by Gasteiger charge is -2.22. The van der Waals surface area contributed by atoms with Crippen molar-refractivity contribution in [3.8, 4) is 0 Å². The molecule has 4 aromatic rings. The third kappa shape index (κ3) is 6.96. The van der Waals surface area contributed by atoms with Gasteiger partial charge in [-0.15, -0.1) is 0 Å². The fourth-order valence-electron chi connectivity index (χ4n) is 3.65. The highest BCUT2D eigenvalue weighted by molar-refractivity contribution is 6.03. The van der Waals surface area contributed by atoms with E-state index >= 15 is 0 Å². The molecular formula is C30H24F2N2O2. The van der Waals surface area contributed by atoms with E-state index in [0.717, 1.165) is 11.1 Å². The first-order valence-corrected chi connectivity index (χ1v) is 11.4. The first-order valence-electron chi connectivity index (χ1n) is 11.4. The summed E-state index contributed by atoms with van der Waals surface area (Å²) in [5.74, 6) is -1.25. The SMILES string of the molecule is O=C(Cc1ccc(N(Cc2cccc(F)c2)C(=O)/C=C/c2ccccc2)cc1)Nc1ccc(F)cc1. The molecule has 1 N–H and O–H groups in total. The van der Waals surface area contributed by atoms with E-state index in [1.807, 2.05) is 30.3 Å². The molecule has 0 aliphatic carbocycles.